The van der Waals surface area contributed by atoms with Crippen LogP contribution in [0.15, 0.2) is 30.5 Å². The molecule has 9 heteroatoms. The molecule has 3 rings (SSSR count). The molecule has 2 heterocycles. The van der Waals surface area contributed by atoms with Gasteiger partial charge in [0.15, 0.2) is 5.78 Å². The second-order valence-corrected chi connectivity index (χ2v) is 6.33. The number of urea groups is 1. The largest absolute Gasteiger partial charge is 0.466 e. The first-order chi connectivity index (χ1) is 13.9. The number of fused-ring (bicyclic) bond motifs is 1. The highest BCUT2D eigenvalue weighted by Gasteiger charge is 2.25. The normalized spacial score (nSPS) is 13.7. The number of amides is 3. The predicted molar refractivity (Wildman–Crippen MR) is 107 cm³/mol. The summed E-state index contributed by atoms with van der Waals surface area (Å²) < 4.78 is 4.81. The molecule has 0 atom stereocenters. The summed E-state index contributed by atoms with van der Waals surface area (Å²) in [4.78, 5) is 49.9. The van der Waals surface area contributed by atoms with Crippen LogP contribution in [0.1, 0.15) is 41.4 Å². The predicted octanol–water partition coefficient (Wildman–Crippen LogP) is 2.52. The monoisotopic (exact) mass is 396 g/mol. The zero-order valence-electron chi connectivity index (χ0n) is 15.7. The van der Waals surface area contributed by atoms with Gasteiger partial charge in [-0.1, -0.05) is 0 Å². The van der Waals surface area contributed by atoms with Crippen molar-refractivity contribution < 1.29 is 23.9 Å². The summed E-state index contributed by atoms with van der Waals surface area (Å²) in [6.45, 7) is 1.98. The van der Waals surface area contributed by atoms with Gasteiger partial charge in [0.05, 0.1) is 18.6 Å². The third-order valence-corrected chi connectivity index (χ3v) is 4.26. The standard InChI is InChI=1S/C20H20N4O5/c1-2-29-18(26)6-5-17(25)11-7-13(22-10-11)9-15-14-8-12(23-20(21)28)3-4-16(14)24-19(15)27/h3-4,7-10,22H,2,5-6H2,1H3,(H,24,27)(H3,21,23,28)/b15-9-. The molecule has 150 valence electrons. The number of H-pyrrole nitrogens is 1. The van der Waals surface area contributed by atoms with E-state index in [0.717, 1.165) is 0 Å². The number of aromatic amines is 1. The van der Waals surface area contributed by atoms with Gasteiger partial charge in [-0.3, -0.25) is 14.4 Å². The van der Waals surface area contributed by atoms with Crippen LogP contribution in [0.3, 0.4) is 0 Å². The summed E-state index contributed by atoms with van der Waals surface area (Å²) in [5.41, 5.74) is 8.13. The number of nitrogens with two attached hydrogens (primary N) is 1. The molecule has 0 unspecified atom stereocenters. The van der Waals surface area contributed by atoms with Crippen molar-refractivity contribution in [3.05, 3.63) is 47.3 Å². The molecule has 0 fully saturated rings. The number of esters is 1. The lowest BCUT2D eigenvalue weighted by molar-refractivity contribution is -0.143. The first-order valence-corrected chi connectivity index (χ1v) is 8.98. The Balaban J connectivity index is 1.78. The topological polar surface area (TPSA) is 143 Å². The number of carbonyl (C=O) groups is 4. The molecule has 9 nitrogen and oxygen atoms in total. The summed E-state index contributed by atoms with van der Waals surface area (Å²) in [6.07, 6.45) is 3.19. The molecule has 0 radical (unpaired) electrons. The van der Waals surface area contributed by atoms with Gasteiger partial charge in [0.1, 0.15) is 0 Å². The van der Waals surface area contributed by atoms with Gasteiger partial charge in [-0.15, -0.1) is 0 Å². The Kier molecular flexibility index (Phi) is 5.77. The highest BCUT2D eigenvalue weighted by atomic mass is 16.5. The lowest BCUT2D eigenvalue weighted by atomic mass is 10.0. The molecule has 29 heavy (non-hydrogen) atoms. The number of aromatic nitrogens is 1. The number of hydrogen-bond donors (Lipinski definition) is 4. The van der Waals surface area contributed by atoms with Crippen molar-refractivity contribution in [3.8, 4) is 0 Å². The van der Waals surface area contributed by atoms with Gasteiger partial charge in [-0.25, -0.2) is 4.79 Å². The molecular formula is C20H20N4O5. The molecule has 3 amide bonds. The average molecular weight is 396 g/mol. The molecule has 0 spiro atoms. The molecule has 0 saturated carbocycles. The fraction of sp³-hybridized carbons (Fsp3) is 0.200. The number of Topliss-reactive ketones (excluding diaryl/α,β-unsaturated/α-hetero) is 1. The van der Waals surface area contributed by atoms with Crippen molar-refractivity contribution in [2.45, 2.75) is 19.8 Å². The number of ether oxygens (including phenoxy) is 1. The second kappa shape index (κ2) is 8.42. The Hall–Kier alpha value is -3.88. The number of ketones is 1. The Morgan fingerprint density at radius 1 is 1.21 bits per heavy atom. The smallest absolute Gasteiger partial charge is 0.316 e. The lowest BCUT2D eigenvalue weighted by Gasteiger charge is -2.04. The van der Waals surface area contributed by atoms with Gasteiger partial charge in [0, 0.05) is 40.8 Å². The van der Waals surface area contributed by atoms with E-state index in [2.05, 4.69) is 15.6 Å². The number of rotatable bonds is 7. The molecule has 2 aromatic rings. The van der Waals surface area contributed by atoms with E-state index in [0.29, 0.717) is 33.8 Å². The summed E-state index contributed by atoms with van der Waals surface area (Å²) in [5, 5.41) is 5.21. The van der Waals surface area contributed by atoms with Gasteiger partial charge in [-0.2, -0.15) is 0 Å². The van der Waals surface area contributed by atoms with Crippen LogP contribution in [0, 0.1) is 0 Å². The van der Waals surface area contributed by atoms with Gasteiger partial charge < -0.3 is 26.1 Å². The summed E-state index contributed by atoms with van der Waals surface area (Å²) in [6, 6.07) is 5.83. The van der Waals surface area contributed by atoms with E-state index >= 15 is 0 Å². The Labute approximate surface area is 166 Å². The van der Waals surface area contributed by atoms with Crippen LogP contribution in [-0.2, 0) is 14.3 Å². The van der Waals surface area contributed by atoms with E-state index in [1.165, 1.54) is 6.20 Å². The molecule has 0 aliphatic carbocycles. The van der Waals surface area contributed by atoms with Crippen molar-refractivity contribution in [3.63, 3.8) is 0 Å². The van der Waals surface area contributed by atoms with Crippen molar-refractivity contribution in [1.29, 1.82) is 0 Å². The van der Waals surface area contributed by atoms with Crippen LogP contribution in [0.25, 0.3) is 11.6 Å². The van der Waals surface area contributed by atoms with Gasteiger partial charge in [0.25, 0.3) is 5.91 Å². The first kappa shape index (κ1) is 19.9. The number of primary amides is 1. The average Bonchev–Trinajstić information content (AvgIpc) is 3.25. The zero-order chi connectivity index (χ0) is 21.0. The van der Waals surface area contributed by atoms with E-state index in [9.17, 15) is 19.2 Å². The highest BCUT2D eigenvalue weighted by molar-refractivity contribution is 6.35. The third-order valence-electron chi connectivity index (χ3n) is 4.26. The van der Waals surface area contributed by atoms with Crippen molar-refractivity contribution in [2.24, 2.45) is 5.73 Å². The summed E-state index contributed by atoms with van der Waals surface area (Å²) in [7, 11) is 0. The number of nitrogens with one attached hydrogen (secondary N) is 3. The van der Waals surface area contributed by atoms with E-state index in [-0.39, 0.29) is 31.1 Å². The van der Waals surface area contributed by atoms with Gasteiger partial charge in [-0.05, 0) is 37.3 Å². The maximum Gasteiger partial charge on any atom is 0.316 e. The van der Waals surface area contributed by atoms with E-state index < -0.39 is 12.0 Å². The molecule has 1 aliphatic rings. The molecular weight excluding hydrogens is 376 g/mol. The number of anilines is 2. The number of benzene rings is 1. The van der Waals surface area contributed by atoms with Crippen LogP contribution in [0.2, 0.25) is 0 Å². The van der Waals surface area contributed by atoms with Gasteiger partial charge >= 0.3 is 12.0 Å². The number of hydrogen-bond acceptors (Lipinski definition) is 5. The SMILES string of the molecule is CCOC(=O)CCC(=O)c1c[nH]c(/C=C2\C(=O)Nc3ccc(NC(N)=O)cc32)c1. The van der Waals surface area contributed by atoms with Crippen LogP contribution in [-0.4, -0.2) is 35.3 Å². The third kappa shape index (κ3) is 4.70. The molecule has 1 aromatic carbocycles. The summed E-state index contributed by atoms with van der Waals surface area (Å²) >= 11 is 0. The summed E-state index contributed by atoms with van der Waals surface area (Å²) in [5.74, 6) is -0.928. The van der Waals surface area contributed by atoms with Crippen molar-refractivity contribution in [2.75, 3.05) is 17.2 Å². The zero-order valence-corrected chi connectivity index (χ0v) is 15.7. The van der Waals surface area contributed by atoms with Crippen LogP contribution >= 0.6 is 0 Å². The minimum atomic E-state index is -0.705. The van der Waals surface area contributed by atoms with Crippen LogP contribution < -0.4 is 16.4 Å². The molecule has 0 bridgehead atoms. The maximum absolute atomic E-state index is 12.3. The Bertz CT molecular complexity index is 1020. The van der Waals surface area contributed by atoms with E-state index in [4.69, 9.17) is 10.5 Å². The fourth-order valence-corrected chi connectivity index (χ4v) is 2.96. The molecule has 0 saturated heterocycles. The van der Waals surface area contributed by atoms with Crippen molar-refractivity contribution in [1.82, 2.24) is 4.98 Å². The van der Waals surface area contributed by atoms with Crippen LogP contribution in [0.5, 0.6) is 0 Å². The minimum Gasteiger partial charge on any atom is -0.466 e. The molecule has 5 N–H and O–H groups in total. The Morgan fingerprint density at radius 3 is 2.72 bits per heavy atom. The molecule has 1 aromatic heterocycles. The fourth-order valence-electron chi connectivity index (χ4n) is 2.96. The number of carbonyl (C=O) groups excluding carboxylic acids is 4. The van der Waals surface area contributed by atoms with E-state index in [1.807, 2.05) is 0 Å². The highest BCUT2D eigenvalue weighted by Crippen LogP contribution is 2.35. The quantitative estimate of drug-likeness (QED) is 0.323. The maximum atomic E-state index is 12.3. The first-order valence-electron chi connectivity index (χ1n) is 8.98. The Morgan fingerprint density at radius 2 is 2.00 bits per heavy atom. The minimum absolute atomic E-state index is 0.0136. The molecule has 1 aliphatic heterocycles. The second-order valence-electron chi connectivity index (χ2n) is 6.33. The van der Waals surface area contributed by atoms with Crippen molar-refractivity contribution >= 4 is 46.7 Å². The van der Waals surface area contributed by atoms with Crippen LogP contribution in [0.4, 0.5) is 16.2 Å². The lowest BCUT2D eigenvalue weighted by Crippen LogP contribution is -2.19. The van der Waals surface area contributed by atoms with Gasteiger partial charge in [0.2, 0.25) is 0 Å². The van der Waals surface area contributed by atoms with E-state index in [1.54, 1.807) is 37.3 Å².